The van der Waals surface area contributed by atoms with Crippen molar-refractivity contribution >= 4 is 5.91 Å². The van der Waals surface area contributed by atoms with Crippen LogP contribution in [0.15, 0.2) is 30.3 Å². The first-order valence-electron chi connectivity index (χ1n) is 8.97. The molecule has 2 aliphatic rings. The van der Waals surface area contributed by atoms with Crippen molar-refractivity contribution in [1.82, 2.24) is 14.7 Å². The van der Waals surface area contributed by atoms with Gasteiger partial charge in [0.2, 0.25) is 5.91 Å². The number of carbonyl (C=O) groups excluding carboxylic acids is 1. The van der Waals surface area contributed by atoms with Gasteiger partial charge < -0.3 is 4.90 Å². The van der Waals surface area contributed by atoms with Crippen LogP contribution in [0.1, 0.15) is 41.4 Å². The van der Waals surface area contributed by atoms with E-state index in [4.69, 9.17) is 0 Å². The van der Waals surface area contributed by atoms with Crippen LogP contribution < -0.4 is 0 Å². The van der Waals surface area contributed by atoms with E-state index < -0.39 is 0 Å². The predicted octanol–water partition coefficient (Wildman–Crippen LogP) is 3.08. The molecule has 4 nitrogen and oxygen atoms in total. The maximum absolute atomic E-state index is 12.7. The van der Waals surface area contributed by atoms with Gasteiger partial charge in [-0.1, -0.05) is 24.3 Å². The fraction of sp³-hybridized carbons (Fsp3) is 0.500. The summed E-state index contributed by atoms with van der Waals surface area (Å²) in [5, 5.41) is 4.60. The number of likely N-dealkylation sites (tertiary alicyclic amines) is 1. The Balaban J connectivity index is 1.36. The Bertz CT molecular complexity index is 739. The summed E-state index contributed by atoms with van der Waals surface area (Å²) >= 11 is 0. The van der Waals surface area contributed by atoms with Crippen LogP contribution in [0.2, 0.25) is 0 Å². The minimum absolute atomic E-state index is 0.317. The summed E-state index contributed by atoms with van der Waals surface area (Å²) in [4.78, 5) is 14.8. The van der Waals surface area contributed by atoms with Crippen LogP contribution in [-0.4, -0.2) is 33.7 Å². The zero-order valence-corrected chi connectivity index (χ0v) is 14.5. The first-order valence-corrected chi connectivity index (χ1v) is 8.97. The van der Waals surface area contributed by atoms with Gasteiger partial charge in [-0.2, -0.15) is 5.10 Å². The lowest BCUT2D eigenvalue weighted by Gasteiger charge is -2.19. The SMILES string of the molecule is Cc1cc(C)n([C@H]2CCN(C(=O)CC3Cc4ccccc4C3)C2)n1. The van der Waals surface area contributed by atoms with Crippen LogP contribution in [0.5, 0.6) is 0 Å². The van der Waals surface area contributed by atoms with Crippen molar-refractivity contribution < 1.29 is 4.79 Å². The fourth-order valence-electron chi connectivity index (χ4n) is 4.35. The molecule has 0 unspecified atom stereocenters. The number of rotatable bonds is 3. The van der Waals surface area contributed by atoms with Crippen molar-refractivity contribution in [1.29, 1.82) is 0 Å². The minimum Gasteiger partial charge on any atom is -0.340 e. The molecule has 4 rings (SSSR count). The molecule has 0 spiro atoms. The third kappa shape index (κ3) is 2.85. The second-order valence-corrected chi connectivity index (χ2v) is 7.40. The summed E-state index contributed by atoms with van der Waals surface area (Å²) in [5.74, 6) is 0.791. The van der Waals surface area contributed by atoms with Crippen molar-refractivity contribution in [3.63, 3.8) is 0 Å². The maximum Gasteiger partial charge on any atom is 0.222 e. The lowest BCUT2D eigenvalue weighted by molar-refractivity contribution is -0.131. The smallest absolute Gasteiger partial charge is 0.222 e. The molecule has 0 bridgehead atoms. The Morgan fingerprint density at radius 1 is 1.21 bits per heavy atom. The number of hydrogen-bond acceptors (Lipinski definition) is 2. The molecule has 1 atom stereocenters. The standard InChI is InChI=1S/C20H25N3O/c1-14-9-15(2)23(21-14)19-7-8-22(13-19)20(24)12-16-10-17-5-3-4-6-18(17)11-16/h3-6,9,16,19H,7-8,10-13H2,1-2H3/t19-/m0/s1. The molecular weight excluding hydrogens is 298 g/mol. The number of aromatic nitrogens is 2. The number of carbonyl (C=O) groups is 1. The molecule has 1 saturated heterocycles. The van der Waals surface area contributed by atoms with Crippen molar-refractivity contribution in [3.8, 4) is 0 Å². The molecule has 1 fully saturated rings. The molecule has 4 heteroatoms. The molecular formula is C20H25N3O. The van der Waals surface area contributed by atoms with Crippen molar-refractivity contribution in [2.45, 2.75) is 45.6 Å². The topological polar surface area (TPSA) is 38.1 Å². The van der Waals surface area contributed by atoms with E-state index >= 15 is 0 Å². The predicted molar refractivity (Wildman–Crippen MR) is 93.9 cm³/mol. The fourth-order valence-corrected chi connectivity index (χ4v) is 4.35. The summed E-state index contributed by atoms with van der Waals surface area (Å²) < 4.78 is 2.11. The molecule has 1 amide bonds. The molecule has 24 heavy (non-hydrogen) atoms. The van der Waals surface area contributed by atoms with Crippen LogP contribution >= 0.6 is 0 Å². The molecule has 126 valence electrons. The van der Waals surface area contributed by atoms with Crippen molar-refractivity contribution in [2.75, 3.05) is 13.1 Å². The summed E-state index contributed by atoms with van der Waals surface area (Å²) in [6.45, 7) is 5.79. The molecule has 0 N–H and O–H groups in total. The van der Waals surface area contributed by atoms with Crippen LogP contribution in [-0.2, 0) is 17.6 Å². The first-order chi connectivity index (χ1) is 11.6. The van der Waals surface area contributed by atoms with E-state index in [0.717, 1.165) is 38.0 Å². The van der Waals surface area contributed by atoms with E-state index in [-0.39, 0.29) is 0 Å². The van der Waals surface area contributed by atoms with Crippen LogP contribution in [0.3, 0.4) is 0 Å². The largest absolute Gasteiger partial charge is 0.340 e. The van der Waals surface area contributed by atoms with E-state index in [1.807, 2.05) is 11.8 Å². The second-order valence-electron chi connectivity index (χ2n) is 7.40. The summed E-state index contributed by atoms with van der Waals surface area (Å²) in [6.07, 6.45) is 3.80. The molecule has 2 aromatic rings. The van der Waals surface area contributed by atoms with Crippen LogP contribution in [0, 0.1) is 19.8 Å². The number of hydrogen-bond donors (Lipinski definition) is 0. The quantitative estimate of drug-likeness (QED) is 0.870. The lowest BCUT2D eigenvalue weighted by Crippen LogP contribution is -2.31. The average molecular weight is 323 g/mol. The van der Waals surface area contributed by atoms with Crippen molar-refractivity contribution in [2.24, 2.45) is 5.92 Å². The first kappa shape index (κ1) is 15.4. The van der Waals surface area contributed by atoms with Gasteiger partial charge in [0, 0.05) is 25.2 Å². The zero-order chi connectivity index (χ0) is 16.7. The van der Waals surface area contributed by atoms with Crippen LogP contribution in [0.4, 0.5) is 0 Å². The number of fused-ring (bicyclic) bond motifs is 1. The van der Waals surface area contributed by atoms with Gasteiger partial charge >= 0.3 is 0 Å². The highest BCUT2D eigenvalue weighted by atomic mass is 16.2. The Kier molecular flexibility index (Phi) is 3.91. The summed E-state index contributed by atoms with van der Waals surface area (Å²) in [6, 6.07) is 11.1. The van der Waals surface area contributed by atoms with E-state index in [1.165, 1.54) is 16.8 Å². The minimum atomic E-state index is 0.317. The van der Waals surface area contributed by atoms with Gasteiger partial charge in [0.1, 0.15) is 0 Å². The Labute approximate surface area is 143 Å². The number of nitrogens with zero attached hydrogens (tertiary/aromatic N) is 3. The second kappa shape index (κ2) is 6.08. The van der Waals surface area contributed by atoms with Gasteiger partial charge in [0.25, 0.3) is 0 Å². The third-order valence-corrected chi connectivity index (χ3v) is 5.51. The highest BCUT2D eigenvalue weighted by Crippen LogP contribution is 2.30. The Morgan fingerprint density at radius 2 is 1.92 bits per heavy atom. The van der Waals surface area contributed by atoms with Gasteiger partial charge in [-0.15, -0.1) is 0 Å². The normalized spacial score (nSPS) is 20.6. The zero-order valence-electron chi connectivity index (χ0n) is 14.5. The molecule has 1 aliphatic heterocycles. The summed E-state index contributed by atoms with van der Waals surface area (Å²) in [7, 11) is 0. The van der Waals surface area contributed by atoms with E-state index in [1.54, 1.807) is 0 Å². The van der Waals surface area contributed by atoms with Gasteiger partial charge in [-0.3, -0.25) is 9.48 Å². The maximum atomic E-state index is 12.7. The molecule has 0 saturated carbocycles. The molecule has 1 aliphatic carbocycles. The Hall–Kier alpha value is -2.10. The third-order valence-electron chi connectivity index (χ3n) is 5.51. The summed E-state index contributed by atoms with van der Waals surface area (Å²) in [5.41, 5.74) is 5.11. The molecule has 0 radical (unpaired) electrons. The highest BCUT2D eigenvalue weighted by molar-refractivity contribution is 5.77. The lowest BCUT2D eigenvalue weighted by atomic mass is 10.0. The molecule has 2 heterocycles. The monoisotopic (exact) mass is 323 g/mol. The van der Waals surface area contributed by atoms with E-state index in [0.29, 0.717) is 24.3 Å². The van der Waals surface area contributed by atoms with Crippen LogP contribution in [0.25, 0.3) is 0 Å². The van der Waals surface area contributed by atoms with E-state index in [2.05, 4.69) is 47.0 Å². The Morgan fingerprint density at radius 3 is 2.54 bits per heavy atom. The van der Waals surface area contributed by atoms with E-state index in [9.17, 15) is 4.79 Å². The molecule has 1 aromatic heterocycles. The highest BCUT2D eigenvalue weighted by Gasteiger charge is 2.31. The van der Waals surface area contributed by atoms with Crippen molar-refractivity contribution in [3.05, 3.63) is 52.8 Å². The number of amides is 1. The van der Waals surface area contributed by atoms with Gasteiger partial charge in [-0.25, -0.2) is 0 Å². The average Bonchev–Trinajstić information content (AvgIpc) is 3.24. The molecule has 1 aromatic carbocycles. The number of benzene rings is 1. The van der Waals surface area contributed by atoms with Gasteiger partial charge in [-0.05, 0) is 56.2 Å². The number of aryl methyl sites for hydroxylation is 2. The van der Waals surface area contributed by atoms with Gasteiger partial charge in [0.05, 0.1) is 11.7 Å². The van der Waals surface area contributed by atoms with Gasteiger partial charge in [0.15, 0.2) is 0 Å².